The number of benzene rings is 2. The van der Waals surface area contributed by atoms with Crippen LogP contribution in [0.15, 0.2) is 41.3 Å². The largest absolute Gasteiger partial charge is 0.492 e. The van der Waals surface area contributed by atoms with Gasteiger partial charge in [-0.25, -0.2) is 9.18 Å². The quantitative estimate of drug-likeness (QED) is 0.432. The van der Waals surface area contributed by atoms with Crippen LogP contribution in [0.3, 0.4) is 0 Å². The Morgan fingerprint density at radius 2 is 1.97 bits per heavy atom. The highest BCUT2D eigenvalue weighted by molar-refractivity contribution is 6.30. The van der Waals surface area contributed by atoms with E-state index in [0.29, 0.717) is 22.4 Å². The van der Waals surface area contributed by atoms with E-state index in [-0.39, 0.29) is 29.4 Å². The Hall–Kier alpha value is -2.90. The molecular weight excluding hydrogens is 473 g/mol. The minimum atomic E-state index is -1.44. The van der Waals surface area contributed by atoms with E-state index in [4.69, 9.17) is 16.3 Å². The van der Waals surface area contributed by atoms with Gasteiger partial charge in [0.2, 0.25) is 5.43 Å². The van der Waals surface area contributed by atoms with E-state index in [2.05, 4.69) is 0 Å². The zero-order chi connectivity index (χ0) is 25.3. The van der Waals surface area contributed by atoms with Crippen molar-refractivity contribution in [3.8, 4) is 5.75 Å². The molecule has 0 radical (unpaired) electrons. The molecule has 2 N–H and O–H groups in total. The van der Waals surface area contributed by atoms with Crippen molar-refractivity contribution in [1.29, 1.82) is 0 Å². The van der Waals surface area contributed by atoms with Crippen LogP contribution in [-0.2, 0) is 12.1 Å². The maximum atomic E-state index is 14.6. The molecule has 1 heterocycles. The molecule has 6 nitrogen and oxygen atoms in total. The van der Waals surface area contributed by atoms with Crippen LogP contribution in [0, 0.1) is 11.7 Å². The number of ether oxygens (including phenoxy) is 1. The van der Waals surface area contributed by atoms with Gasteiger partial charge in [0.25, 0.3) is 0 Å². The van der Waals surface area contributed by atoms with Gasteiger partial charge in [0.1, 0.15) is 22.9 Å². The van der Waals surface area contributed by atoms with Crippen LogP contribution in [0.1, 0.15) is 67.4 Å². The lowest BCUT2D eigenvalue weighted by atomic mass is 9.81. The molecular formula is C27H29ClFNO5. The van der Waals surface area contributed by atoms with Gasteiger partial charge in [0.05, 0.1) is 22.5 Å². The second-order valence-corrected chi connectivity index (χ2v) is 9.70. The summed E-state index contributed by atoms with van der Waals surface area (Å²) in [4.78, 5) is 25.3. The molecule has 0 aliphatic heterocycles. The predicted octanol–water partition coefficient (Wildman–Crippen LogP) is 5.73. The van der Waals surface area contributed by atoms with Crippen LogP contribution in [-0.4, -0.2) is 27.4 Å². The van der Waals surface area contributed by atoms with Gasteiger partial charge >= 0.3 is 5.97 Å². The van der Waals surface area contributed by atoms with E-state index in [9.17, 15) is 24.2 Å². The van der Waals surface area contributed by atoms with Crippen molar-refractivity contribution >= 4 is 28.5 Å². The van der Waals surface area contributed by atoms with Crippen LogP contribution in [0.2, 0.25) is 5.02 Å². The second kappa shape index (κ2) is 9.99. The lowest BCUT2D eigenvalue weighted by Gasteiger charge is -2.38. The number of carboxylic acid groups (broad SMARTS) is 1. The monoisotopic (exact) mass is 501 g/mol. The Morgan fingerprint density at radius 1 is 1.26 bits per heavy atom. The number of rotatable bonds is 7. The zero-order valence-electron chi connectivity index (χ0n) is 19.8. The lowest BCUT2D eigenvalue weighted by Crippen LogP contribution is -2.41. The average Bonchev–Trinajstić information content (AvgIpc) is 2.83. The Labute approximate surface area is 207 Å². The predicted molar refractivity (Wildman–Crippen MR) is 133 cm³/mol. The summed E-state index contributed by atoms with van der Waals surface area (Å²) in [5, 5.41) is 21.6. The Bertz CT molecular complexity index is 1330. The summed E-state index contributed by atoms with van der Waals surface area (Å²) in [6.07, 6.45) is 5.96. The molecule has 0 bridgehead atoms. The maximum Gasteiger partial charge on any atom is 0.341 e. The fourth-order valence-electron chi connectivity index (χ4n) is 5.11. The van der Waals surface area contributed by atoms with Crippen molar-refractivity contribution < 1.29 is 24.1 Å². The summed E-state index contributed by atoms with van der Waals surface area (Å²) < 4.78 is 22.0. The minimum absolute atomic E-state index is 0.00707. The molecule has 3 aromatic rings. The second-order valence-electron chi connectivity index (χ2n) is 9.29. The van der Waals surface area contributed by atoms with Crippen molar-refractivity contribution in [2.24, 2.45) is 5.92 Å². The van der Waals surface area contributed by atoms with E-state index in [1.165, 1.54) is 16.8 Å². The van der Waals surface area contributed by atoms with Crippen LogP contribution in [0.5, 0.6) is 5.75 Å². The van der Waals surface area contributed by atoms with Crippen molar-refractivity contribution in [1.82, 2.24) is 4.57 Å². The molecule has 186 valence electrons. The van der Waals surface area contributed by atoms with Gasteiger partial charge in [-0.1, -0.05) is 43.0 Å². The molecule has 8 heteroatoms. The zero-order valence-corrected chi connectivity index (χ0v) is 20.6. The Balaban J connectivity index is 1.98. The Kier molecular flexibility index (Phi) is 7.20. The van der Waals surface area contributed by atoms with Crippen molar-refractivity contribution in [3.63, 3.8) is 0 Å². The normalized spacial score (nSPS) is 16.3. The lowest BCUT2D eigenvalue weighted by molar-refractivity contribution is -0.0836. The number of halogens is 2. The molecule has 1 aromatic heterocycles. The number of aliphatic hydroxyl groups is 1. The molecule has 1 aliphatic rings. The third-order valence-electron chi connectivity index (χ3n) is 6.95. The average molecular weight is 502 g/mol. The molecule has 0 amide bonds. The third-order valence-corrected chi connectivity index (χ3v) is 7.24. The van der Waals surface area contributed by atoms with Gasteiger partial charge in [-0.05, 0) is 56.0 Å². The molecule has 0 spiro atoms. The fourth-order valence-corrected chi connectivity index (χ4v) is 5.31. The number of hydrogen-bond donors (Lipinski definition) is 2. The first-order chi connectivity index (χ1) is 16.6. The number of carboxylic acids is 1. The smallest absolute Gasteiger partial charge is 0.341 e. The summed E-state index contributed by atoms with van der Waals surface area (Å²) in [7, 11) is 0. The topological polar surface area (TPSA) is 88.8 Å². The molecule has 35 heavy (non-hydrogen) atoms. The number of pyridine rings is 1. The molecule has 0 saturated heterocycles. The van der Waals surface area contributed by atoms with E-state index in [1.54, 1.807) is 38.1 Å². The number of aromatic carboxylic acids is 1. The molecule has 1 aliphatic carbocycles. The summed E-state index contributed by atoms with van der Waals surface area (Å²) in [5.74, 6) is -1.72. The van der Waals surface area contributed by atoms with Crippen molar-refractivity contribution in [3.05, 3.63) is 74.3 Å². The highest BCUT2D eigenvalue weighted by atomic mass is 35.5. The van der Waals surface area contributed by atoms with Gasteiger partial charge in [0.15, 0.2) is 0 Å². The first kappa shape index (κ1) is 25.2. The number of nitrogens with zero attached hydrogens (tertiary/aromatic N) is 1. The van der Waals surface area contributed by atoms with E-state index >= 15 is 0 Å². The van der Waals surface area contributed by atoms with E-state index in [1.807, 2.05) is 0 Å². The standard InChI is InChI=1S/C27H29ClFNO5/c1-3-35-22-14-16(12-17-8-7-11-21(28)23(17)29)13-19-24(22)30(15-20(25(19)31)26(32)33)27(2,34)18-9-5-4-6-10-18/h7-8,11,13-15,18,34H,3-6,9-10,12H2,1-2H3,(H,32,33). The van der Waals surface area contributed by atoms with Crippen molar-refractivity contribution in [2.45, 2.75) is 58.1 Å². The van der Waals surface area contributed by atoms with Crippen LogP contribution in [0.25, 0.3) is 10.9 Å². The van der Waals surface area contributed by atoms with Crippen LogP contribution >= 0.6 is 11.6 Å². The van der Waals surface area contributed by atoms with E-state index in [0.717, 1.165) is 32.1 Å². The maximum absolute atomic E-state index is 14.6. The van der Waals surface area contributed by atoms with Crippen LogP contribution < -0.4 is 10.2 Å². The number of fused-ring (bicyclic) bond motifs is 1. The summed E-state index contributed by atoms with van der Waals surface area (Å²) in [6, 6.07) is 7.96. The molecule has 2 aromatic carbocycles. The minimum Gasteiger partial charge on any atom is -0.492 e. The number of carbonyl (C=O) groups is 1. The van der Waals surface area contributed by atoms with Gasteiger partial charge in [-0.2, -0.15) is 0 Å². The van der Waals surface area contributed by atoms with Crippen LogP contribution in [0.4, 0.5) is 4.39 Å². The molecule has 1 saturated carbocycles. The fraction of sp³-hybridized carbons (Fsp3) is 0.407. The highest BCUT2D eigenvalue weighted by Crippen LogP contribution is 2.39. The van der Waals surface area contributed by atoms with Gasteiger partial charge < -0.3 is 19.5 Å². The Morgan fingerprint density at radius 3 is 2.63 bits per heavy atom. The molecule has 1 atom stereocenters. The van der Waals surface area contributed by atoms with Gasteiger partial charge in [-0.3, -0.25) is 4.79 Å². The number of aromatic nitrogens is 1. The molecule has 4 rings (SSSR count). The summed E-state index contributed by atoms with van der Waals surface area (Å²) in [6.45, 7) is 3.73. The SMILES string of the molecule is CCOc1cc(Cc2cccc(Cl)c2F)cc2c(=O)c(C(=O)O)cn(C(C)(O)C3CCCCC3)c12. The van der Waals surface area contributed by atoms with Gasteiger partial charge in [0, 0.05) is 18.5 Å². The highest BCUT2D eigenvalue weighted by Gasteiger charge is 2.37. The summed E-state index contributed by atoms with van der Waals surface area (Å²) >= 11 is 5.94. The van der Waals surface area contributed by atoms with Gasteiger partial charge in [-0.15, -0.1) is 0 Å². The molecule has 1 fully saturated rings. The first-order valence-electron chi connectivity index (χ1n) is 11.9. The first-order valence-corrected chi connectivity index (χ1v) is 12.3. The third kappa shape index (κ3) is 4.80. The van der Waals surface area contributed by atoms with Crippen molar-refractivity contribution in [2.75, 3.05) is 6.61 Å². The van der Waals surface area contributed by atoms with E-state index < -0.39 is 28.5 Å². The number of hydrogen-bond acceptors (Lipinski definition) is 4. The molecule has 1 unspecified atom stereocenters. The summed E-state index contributed by atoms with van der Waals surface area (Å²) in [5.41, 5.74) is -1.34.